The van der Waals surface area contributed by atoms with Crippen LogP contribution in [0.5, 0.6) is 0 Å². The summed E-state index contributed by atoms with van der Waals surface area (Å²) in [4.78, 5) is 17.9. The normalized spacial score (nSPS) is 10.9. The highest BCUT2D eigenvalue weighted by atomic mass is 32.1. The average Bonchev–Trinajstić information content (AvgIpc) is 3.29. The number of amides is 1. The van der Waals surface area contributed by atoms with Crippen LogP contribution >= 0.6 is 11.3 Å². The number of carbonyl (C=O) groups excluding carboxylic acids is 1. The van der Waals surface area contributed by atoms with Crippen LogP contribution in [-0.4, -0.2) is 43.1 Å². The Morgan fingerprint density at radius 3 is 2.88 bits per heavy atom. The van der Waals surface area contributed by atoms with E-state index in [1.54, 1.807) is 30.1 Å². The number of anilines is 1. The van der Waals surface area contributed by atoms with Crippen LogP contribution < -0.4 is 4.90 Å². The molecule has 0 N–H and O–H groups in total. The maximum absolute atomic E-state index is 12.4. The zero-order valence-electron chi connectivity index (χ0n) is 13.3. The van der Waals surface area contributed by atoms with Crippen LogP contribution in [0.3, 0.4) is 0 Å². The second kappa shape index (κ2) is 6.36. The monoisotopic (exact) mass is 351 g/mol. The predicted molar refractivity (Wildman–Crippen MR) is 93.5 cm³/mol. The number of hydrogen-bond donors (Lipinski definition) is 0. The number of pyridine rings is 1. The zero-order valence-corrected chi connectivity index (χ0v) is 14.1. The number of nitrogens with zero attached hydrogens (tertiary/aromatic N) is 7. The van der Waals surface area contributed by atoms with Gasteiger partial charge in [-0.2, -0.15) is 0 Å². The van der Waals surface area contributed by atoms with Crippen molar-refractivity contribution in [2.24, 2.45) is 0 Å². The summed E-state index contributed by atoms with van der Waals surface area (Å²) in [6, 6.07) is 11.2. The Morgan fingerprint density at radius 1 is 1.16 bits per heavy atom. The Balaban J connectivity index is 1.55. The van der Waals surface area contributed by atoms with E-state index in [1.807, 2.05) is 24.3 Å². The van der Waals surface area contributed by atoms with Crippen molar-refractivity contribution < 1.29 is 4.79 Å². The van der Waals surface area contributed by atoms with E-state index >= 15 is 0 Å². The fraction of sp³-hybridized carbons (Fsp3) is 0.125. The molecule has 3 aromatic heterocycles. The molecule has 0 fully saturated rings. The second-order valence-electron chi connectivity index (χ2n) is 5.32. The van der Waals surface area contributed by atoms with Gasteiger partial charge in [0, 0.05) is 19.4 Å². The van der Waals surface area contributed by atoms with Gasteiger partial charge >= 0.3 is 0 Å². The largest absolute Gasteiger partial charge is 0.286 e. The first-order valence-corrected chi connectivity index (χ1v) is 8.33. The molecule has 9 heteroatoms. The number of rotatable bonds is 4. The molecule has 0 aliphatic rings. The summed E-state index contributed by atoms with van der Waals surface area (Å²) in [7, 11) is 1.67. The molecule has 1 amide bonds. The van der Waals surface area contributed by atoms with E-state index in [4.69, 9.17) is 0 Å². The van der Waals surface area contributed by atoms with E-state index in [-0.39, 0.29) is 5.91 Å². The van der Waals surface area contributed by atoms with Crippen LogP contribution in [0.1, 0.15) is 15.4 Å². The summed E-state index contributed by atoms with van der Waals surface area (Å²) in [6.07, 6.45) is 3.16. The molecule has 124 valence electrons. The highest BCUT2D eigenvalue weighted by Gasteiger charge is 2.18. The van der Waals surface area contributed by atoms with Gasteiger partial charge in [0.05, 0.1) is 17.6 Å². The molecule has 0 unspecified atom stereocenters. The highest BCUT2D eigenvalue weighted by molar-refractivity contribution is 7.15. The second-order valence-corrected chi connectivity index (χ2v) is 6.36. The van der Waals surface area contributed by atoms with Crippen LogP contribution in [0, 0.1) is 0 Å². The summed E-state index contributed by atoms with van der Waals surface area (Å²) in [5.41, 5.74) is 2.26. The maximum Gasteiger partial charge on any atom is 0.261 e. The number of carbonyl (C=O) groups is 1. The van der Waals surface area contributed by atoms with E-state index < -0.39 is 0 Å². The van der Waals surface area contributed by atoms with Gasteiger partial charge in [-0.1, -0.05) is 28.7 Å². The molecule has 3 heterocycles. The SMILES string of the molecule is CN(C(=O)c1cccnc1)c1nnc(Cn2nnc3ccccc32)s1. The third-order valence-electron chi connectivity index (χ3n) is 3.66. The van der Waals surface area contributed by atoms with E-state index in [9.17, 15) is 4.79 Å². The van der Waals surface area contributed by atoms with Gasteiger partial charge in [0.1, 0.15) is 10.5 Å². The molecule has 4 rings (SSSR count). The van der Waals surface area contributed by atoms with Crippen LogP contribution in [0.15, 0.2) is 48.8 Å². The molecular weight excluding hydrogens is 338 g/mol. The van der Waals surface area contributed by atoms with Crippen molar-refractivity contribution in [1.82, 2.24) is 30.2 Å². The average molecular weight is 351 g/mol. The Hall–Kier alpha value is -3.20. The standard InChI is InChI=1S/C16H13N7OS/c1-22(15(24)11-5-4-8-17-9-11)16-20-19-14(25-16)10-23-13-7-3-2-6-12(13)18-21-23/h2-9H,10H2,1H3. The third kappa shape index (κ3) is 2.96. The summed E-state index contributed by atoms with van der Waals surface area (Å²) in [5.74, 6) is -0.179. The van der Waals surface area contributed by atoms with Crippen LogP contribution in [0.2, 0.25) is 0 Å². The highest BCUT2D eigenvalue weighted by Crippen LogP contribution is 2.22. The molecule has 1 aromatic carbocycles. The van der Waals surface area contributed by atoms with Gasteiger partial charge in [-0.05, 0) is 24.3 Å². The number of aromatic nitrogens is 6. The Bertz CT molecular complexity index is 1030. The van der Waals surface area contributed by atoms with Crippen molar-refractivity contribution in [3.05, 3.63) is 59.4 Å². The fourth-order valence-electron chi connectivity index (χ4n) is 2.38. The van der Waals surface area contributed by atoms with Crippen molar-refractivity contribution in [2.75, 3.05) is 11.9 Å². The smallest absolute Gasteiger partial charge is 0.261 e. The lowest BCUT2D eigenvalue weighted by atomic mass is 10.2. The van der Waals surface area contributed by atoms with Gasteiger partial charge in [-0.15, -0.1) is 15.3 Å². The quantitative estimate of drug-likeness (QED) is 0.559. The number of para-hydroxylation sites is 1. The third-order valence-corrected chi connectivity index (χ3v) is 4.65. The number of fused-ring (bicyclic) bond motifs is 1. The van der Waals surface area contributed by atoms with Gasteiger partial charge in [-0.3, -0.25) is 14.7 Å². The van der Waals surface area contributed by atoms with Gasteiger partial charge in [0.2, 0.25) is 5.13 Å². The molecule has 0 radical (unpaired) electrons. The van der Waals surface area contributed by atoms with Crippen LogP contribution in [-0.2, 0) is 6.54 Å². The minimum Gasteiger partial charge on any atom is -0.286 e. The molecule has 4 aromatic rings. The Labute approximate surface area is 146 Å². The van der Waals surface area contributed by atoms with Gasteiger partial charge < -0.3 is 0 Å². The summed E-state index contributed by atoms with van der Waals surface area (Å²) in [5, 5.41) is 17.8. The molecule has 25 heavy (non-hydrogen) atoms. The zero-order chi connectivity index (χ0) is 17.2. The summed E-state index contributed by atoms with van der Waals surface area (Å²) < 4.78 is 1.77. The van der Waals surface area contributed by atoms with E-state index in [2.05, 4.69) is 25.5 Å². The Morgan fingerprint density at radius 2 is 2.04 bits per heavy atom. The molecular formula is C16H13N7OS. The molecule has 0 saturated carbocycles. The number of hydrogen-bond acceptors (Lipinski definition) is 7. The van der Waals surface area contributed by atoms with Gasteiger partial charge in [0.15, 0.2) is 0 Å². The van der Waals surface area contributed by atoms with Crippen molar-refractivity contribution >= 4 is 33.4 Å². The van der Waals surface area contributed by atoms with Crippen molar-refractivity contribution in [3.63, 3.8) is 0 Å². The molecule has 0 bridgehead atoms. The van der Waals surface area contributed by atoms with Crippen LogP contribution in [0.4, 0.5) is 5.13 Å². The molecule has 0 saturated heterocycles. The first kappa shape index (κ1) is 15.3. The molecule has 0 aliphatic heterocycles. The molecule has 8 nitrogen and oxygen atoms in total. The minimum atomic E-state index is -0.179. The summed E-state index contributed by atoms with van der Waals surface area (Å²) >= 11 is 1.34. The van der Waals surface area contributed by atoms with E-state index in [1.165, 1.54) is 22.4 Å². The van der Waals surface area contributed by atoms with Crippen molar-refractivity contribution in [3.8, 4) is 0 Å². The molecule has 0 aliphatic carbocycles. The minimum absolute atomic E-state index is 0.179. The van der Waals surface area contributed by atoms with Gasteiger partial charge in [0.25, 0.3) is 5.91 Å². The Kier molecular flexibility index (Phi) is 3.90. The van der Waals surface area contributed by atoms with Crippen LogP contribution in [0.25, 0.3) is 11.0 Å². The lowest BCUT2D eigenvalue weighted by Crippen LogP contribution is -2.26. The van der Waals surface area contributed by atoms with E-state index in [0.29, 0.717) is 17.2 Å². The number of benzene rings is 1. The lowest BCUT2D eigenvalue weighted by molar-refractivity contribution is 0.0992. The topological polar surface area (TPSA) is 89.7 Å². The van der Waals surface area contributed by atoms with Gasteiger partial charge in [-0.25, -0.2) is 4.68 Å². The van der Waals surface area contributed by atoms with Crippen molar-refractivity contribution in [1.29, 1.82) is 0 Å². The molecule has 0 atom stereocenters. The maximum atomic E-state index is 12.4. The lowest BCUT2D eigenvalue weighted by Gasteiger charge is -2.12. The fourth-order valence-corrected chi connectivity index (χ4v) is 3.16. The predicted octanol–water partition coefficient (Wildman–Crippen LogP) is 2.00. The van der Waals surface area contributed by atoms with E-state index in [0.717, 1.165) is 16.0 Å². The molecule has 0 spiro atoms. The summed E-state index contributed by atoms with van der Waals surface area (Å²) in [6.45, 7) is 0.451. The first-order valence-electron chi connectivity index (χ1n) is 7.51. The van der Waals surface area contributed by atoms with Crippen molar-refractivity contribution in [2.45, 2.75) is 6.54 Å². The first-order chi connectivity index (χ1) is 12.2.